The summed E-state index contributed by atoms with van der Waals surface area (Å²) in [5.41, 5.74) is 5.41. The molecular weight excluding hydrogens is 294 g/mol. The highest BCUT2D eigenvalue weighted by atomic mass is 35.5. The number of halogens is 1. The molecule has 0 spiro atoms. The Morgan fingerprint density at radius 2 is 2.29 bits per heavy atom. The van der Waals surface area contributed by atoms with Crippen molar-refractivity contribution < 1.29 is 14.7 Å². The van der Waals surface area contributed by atoms with Crippen LogP contribution in [-0.4, -0.2) is 41.0 Å². The van der Waals surface area contributed by atoms with Gasteiger partial charge in [0.2, 0.25) is 0 Å². The Morgan fingerprint density at radius 3 is 2.86 bits per heavy atom. The van der Waals surface area contributed by atoms with Gasteiger partial charge in [0, 0.05) is 24.5 Å². The summed E-state index contributed by atoms with van der Waals surface area (Å²) in [6.45, 7) is 4.42. The zero-order valence-electron chi connectivity index (χ0n) is 12.1. The van der Waals surface area contributed by atoms with Crippen LogP contribution in [0.4, 0.5) is 0 Å². The number of carbonyl (C=O) groups excluding carboxylic acids is 1. The van der Waals surface area contributed by atoms with E-state index >= 15 is 0 Å². The van der Waals surface area contributed by atoms with Crippen LogP contribution in [0.15, 0.2) is 29.4 Å². The third kappa shape index (κ3) is 5.51. The summed E-state index contributed by atoms with van der Waals surface area (Å²) in [5.74, 6) is 0.462. The summed E-state index contributed by atoms with van der Waals surface area (Å²) in [7, 11) is 0. The van der Waals surface area contributed by atoms with E-state index < -0.39 is 6.10 Å². The highest BCUT2D eigenvalue weighted by Gasteiger charge is 2.21. The molecule has 0 saturated heterocycles. The first-order valence-corrected chi connectivity index (χ1v) is 7.03. The van der Waals surface area contributed by atoms with Crippen molar-refractivity contribution in [3.05, 3.63) is 29.3 Å². The van der Waals surface area contributed by atoms with Gasteiger partial charge < -0.3 is 20.6 Å². The molecule has 1 unspecified atom stereocenters. The van der Waals surface area contributed by atoms with Crippen LogP contribution in [-0.2, 0) is 4.79 Å². The van der Waals surface area contributed by atoms with E-state index in [0.29, 0.717) is 30.3 Å². The smallest absolute Gasteiger partial charge is 0.263 e. The Morgan fingerprint density at radius 1 is 1.57 bits per heavy atom. The average molecular weight is 314 g/mol. The molecule has 0 aromatic heterocycles. The second-order valence-electron chi connectivity index (χ2n) is 4.48. The Kier molecular flexibility index (Phi) is 6.81. The Hall–Kier alpha value is -1.95. The second-order valence-corrected chi connectivity index (χ2v) is 4.91. The molecule has 0 saturated carbocycles. The van der Waals surface area contributed by atoms with E-state index in [1.165, 1.54) is 0 Å². The maximum absolute atomic E-state index is 12.3. The van der Waals surface area contributed by atoms with Crippen molar-refractivity contribution in [1.29, 1.82) is 0 Å². The van der Waals surface area contributed by atoms with Gasteiger partial charge in [-0.3, -0.25) is 4.79 Å². The van der Waals surface area contributed by atoms with E-state index in [1.54, 1.807) is 36.1 Å². The van der Waals surface area contributed by atoms with Crippen molar-refractivity contribution in [2.45, 2.75) is 26.4 Å². The number of carbonyl (C=O) groups is 1. The van der Waals surface area contributed by atoms with Gasteiger partial charge in [-0.05, 0) is 32.0 Å². The molecule has 1 rings (SSSR count). The summed E-state index contributed by atoms with van der Waals surface area (Å²) >= 11 is 5.87. The summed E-state index contributed by atoms with van der Waals surface area (Å²) in [5, 5.41) is 11.9. The molecule has 0 aliphatic heterocycles. The fourth-order valence-corrected chi connectivity index (χ4v) is 1.96. The van der Waals surface area contributed by atoms with E-state index in [2.05, 4.69) is 5.16 Å². The van der Waals surface area contributed by atoms with E-state index in [4.69, 9.17) is 27.3 Å². The molecule has 6 nitrogen and oxygen atoms in total. The van der Waals surface area contributed by atoms with Crippen molar-refractivity contribution in [2.75, 3.05) is 13.1 Å². The first-order valence-electron chi connectivity index (χ1n) is 6.65. The van der Waals surface area contributed by atoms with Crippen LogP contribution in [0.5, 0.6) is 5.75 Å². The normalized spacial score (nSPS) is 12.8. The molecule has 3 N–H and O–H groups in total. The molecule has 1 amide bonds. The van der Waals surface area contributed by atoms with Gasteiger partial charge in [-0.25, -0.2) is 0 Å². The Bertz CT molecular complexity index is 508. The molecule has 1 aromatic rings. The second kappa shape index (κ2) is 8.36. The van der Waals surface area contributed by atoms with Crippen molar-refractivity contribution in [3.63, 3.8) is 0 Å². The largest absolute Gasteiger partial charge is 0.481 e. The number of benzene rings is 1. The molecular formula is C14H20ClN3O3. The van der Waals surface area contributed by atoms with Gasteiger partial charge in [0.1, 0.15) is 11.6 Å². The van der Waals surface area contributed by atoms with Gasteiger partial charge in [-0.1, -0.05) is 22.8 Å². The number of rotatable bonds is 7. The molecule has 21 heavy (non-hydrogen) atoms. The van der Waals surface area contributed by atoms with Crippen LogP contribution in [0.1, 0.15) is 20.3 Å². The van der Waals surface area contributed by atoms with Crippen molar-refractivity contribution in [3.8, 4) is 5.75 Å². The minimum Gasteiger partial charge on any atom is -0.481 e. The SMILES string of the molecule is CCN(CCC(N)=NO)C(=O)C(C)Oc1cccc(Cl)c1. The standard InChI is InChI=1S/C14H20ClN3O3/c1-3-18(8-7-13(16)17-20)14(19)10(2)21-12-6-4-5-11(15)9-12/h4-6,9-10,20H,3,7-8H2,1-2H3,(H2,16,17). The lowest BCUT2D eigenvalue weighted by molar-refractivity contribution is -0.137. The third-order valence-corrected chi connectivity index (χ3v) is 3.15. The summed E-state index contributed by atoms with van der Waals surface area (Å²) in [6, 6.07) is 6.88. The molecule has 0 aliphatic carbocycles. The molecule has 7 heteroatoms. The number of nitrogens with zero attached hydrogens (tertiary/aromatic N) is 2. The van der Waals surface area contributed by atoms with Gasteiger partial charge in [0.15, 0.2) is 6.10 Å². The fraction of sp³-hybridized carbons (Fsp3) is 0.429. The maximum atomic E-state index is 12.3. The lowest BCUT2D eigenvalue weighted by Crippen LogP contribution is -2.41. The quantitative estimate of drug-likeness (QED) is 0.349. The Balaban J connectivity index is 2.62. The fourth-order valence-electron chi connectivity index (χ4n) is 1.78. The van der Waals surface area contributed by atoms with Crippen LogP contribution < -0.4 is 10.5 Å². The zero-order valence-corrected chi connectivity index (χ0v) is 12.9. The predicted molar refractivity (Wildman–Crippen MR) is 81.8 cm³/mol. The average Bonchev–Trinajstić information content (AvgIpc) is 2.47. The molecule has 1 aromatic carbocycles. The number of nitrogens with two attached hydrogens (primary N) is 1. The number of ether oxygens (including phenoxy) is 1. The van der Waals surface area contributed by atoms with Crippen LogP contribution in [0, 0.1) is 0 Å². The van der Waals surface area contributed by atoms with E-state index in [1.807, 2.05) is 6.92 Å². The summed E-state index contributed by atoms with van der Waals surface area (Å²) in [6.07, 6.45) is -0.337. The topological polar surface area (TPSA) is 88.1 Å². The third-order valence-electron chi connectivity index (χ3n) is 2.92. The highest BCUT2D eigenvalue weighted by molar-refractivity contribution is 6.30. The number of amidine groups is 1. The van der Waals surface area contributed by atoms with E-state index in [0.717, 1.165) is 0 Å². The number of oxime groups is 1. The van der Waals surface area contributed by atoms with Crippen LogP contribution >= 0.6 is 11.6 Å². The van der Waals surface area contributed by atoms with Crippen LogP contribution in [0.25, 0.3) is 0 Å². The predicted octanol–water partition coefficient (Wildman–Crippen LogP) is 2.09. The molecule has 0 bridgehead atoms. The Labute approximate surface area is 129 Å². The van der Waals surface area contributed by atoms with Crippen molar-refractivity contribution in [1.82, 2.24) is 4.90 Å². The number of likely N-dealkylation sites (N-methyl/N-ethyl adjacent to an activating group) is 1. The molecule has 0 fully saturated rings. The molecule has 0 radical (unpaired) electrons. The number of hydrogen-bond acceptors (Lipinski definition) is 4. The highest BCUT2D eigenvalue weighted by Crippen LogP contribution is 2.18. The monoisotopic (exact) mass is 313 g/mol. The lowest BCUT2D eigenvalue weighted by Gasteiger charge is -2.24. The number of amides is 1. The minimum absolute atomic E-state index is 0.0877. The zero-order chi connectivity index (χ0) is 15.8. The van der Waals surface area contributed by atoms with Crippen LogP contribution in [0.2, 0.25) is 5.02 Å². The molecule has 0 aliphatic rings. The van der Waals surface area contributed by atoms with Crippen molar-refractivity contribution in [2.24, 2.45) is 10.9 Å². The maximum Gasteiger partial charge on any atom is 0.263 e. The van der Waals surface area contributed by atoms with Gasteiger partial charge in [-0.2, -0.15) is 0 Å². The van der Waals surface area contributed by atoms with E-state index in [9.17, 15) is 4.79 Å². The van der Waals surface area contributed by atoms with Crippen LogP contribution in [0.3, 0.4) is 0 Å². The van der Waals surface area contributed by atoms with E-state index in [-0.39, 0.29) is 11.7 Å². The minimum atomic E-state index is -0.643. The summed E-state index contributed by atoms with van der Waals surface area (Å²) < 4.78 is 5.59. The molecule has 116 valence electrons. The van der Waals surface area contributed by atoms with Gasteiger partial charge >= 0.3 is 0 Å². The molecule has 1 atom stereocenters. The first kappa shape index (κ1) is 17.1. The van der Waals surface area contributed by atoms with Gasteiger partial charge in [0.05, 0.1) is 0 Å². The number of hydrogen-bond donors (Lipinski definition) is 2. The molecule has 0 heterocycles. The lowest BCUT2D eigenvalue weighted by atomic mass is 10.3. The first-order chi connectivity index (χ1) is 9.97. The summed E-state index contributed by atoms with van der Waals surface area (Å²) in [4.78, 5) is 13.9. The van der Waals surface area contributed by atoms with Gasteiger partial charge in [-0.15, -0.1) is 0 Å². The van der Waals surface area contributed by atoms with Crippen molar-refractivity contribution >= 4 is 23.3 Å². The van der Waals surface area contributed by atoms with Gasteiger partial charge in [0.25, 0.3) is 5.91 Å².